The van der Waals surface area contributed by atoms with E-state index >= 15 is 0 Å². The van der Waals surface area contributed by atoms with Gasteiger partial charge < -0.3 is 0 Å². The van der Waals surface area contributed by atoms with Gasteiger partial charge in [-0.1, -0.05) is 58.0 Å². The van der Waals surface area contributed by atoms with Gasteiger partial charge in [-0.15, -0.1) is 0 Å². The molecule has 1 rings (SSSR count). The number of aromatic nitrogens is 2. The summed E-state index contributed by atoms with van der Waals surface area (Å²) in [6, 6.07) is 0. The molecule has 0 fully saturated rings. The molecule has 0 saturated carbocycles. The van der Waals surface area contributed by atoms with Crippen molar-refractivity contribution in [3.63, 3.8) is 0 Å². The van der Waals surface area contributed by atoms with Crippen LogP contribution in [0.5, 0.6) is 0 Å². The second-order valence-electron chi connectivity index (χ2n) is 1.83. The molecule has 12 heavy (non-hydrogen) atoms. The second kappa shape index (κ2) is 3.72. The van der Waals surface area contributed by atoms with Crippen LogP contribution in [0.3, 0.4) is 0 Å². The lowest BCUT2D eigenvalue weighted by Gasteiger charge is -2.10. The zero-order valence-corrected chi connectivity index (χ0v) is 9.14. The Morgan fingerprint density at radius 2 is 1.75 bits per heavy atom. The molecule has 0 aliphatic carbocycles. The Morgan fingerprint density at radius 1 is 1.17 bits per heavy atom. The van der Waals surface area contributed by atoms with E-state index in [4.69, 9.17) is 58.0 Å². The topological polar surface area (TPSA) is 25.8 Å². The van der Waals surface area contributed by atoms with Crippen LogP contribution >= 0.6 is 58.0 Å². The minimum Gasteiger partial charge on any atom is -0.239 e. The molecular weight excluding hydrogens is 265 g/mol. The van der Waals surface area contributed by atoms with Crippen molar-refractivity contribution in [3.8, 4) is 0 Å². The van der Waals surface area contributed by atoms with Crippen LogP contribution in [0.2, 0.25) is 10.3 Å². The highest BCUT2D eigenvalue weighted by Gasteiger charge is 2.28. The third kappa shape index (κ3) is 2.51. The highest BCUT2D eigenvalue weighted by molar-refractivity contribution is 6.67. The van der Waals surface area contributed by atoms with E-state index in [0.717, 1.165) is 0 Å². The summed E-state index contributed by atoms with van der Waals surface area (Å²) in [5, 5.41) is 0.153. The Labute approximate surface area is 93.8 Å². The molecule has 2 nitrogen and oxygen atoms in total. The number of hydrogen-bond donors (Lipinski definition) is 0. The van der Waals surface area contributed by atoms with Gasteiger partial charge in [-0.25, -0.2) is 9.97 Å². The molecule has 0 amide bonds. The summed E-state index contributed by atoms with van der Waals surface area (Å²) in [5.74, 6) is 0. The van der Waals surface area contributed by atoms with Crippen LogP contribution in [-0.2, 0) is 3.79 Å². The zero-order valence-electron chi connectivity index (χ0n) is 5.36. The molecule has 0 saturated heterocycles. The van der Waals surface area contributed by atoms with Gasteiger partial charge in [0.1, 0.15) is 10.8 Å². The number of nitrogens with zero attached hydrogens (tertiary/aromatic N) is 2. The highest BCUT2D eigenvalue weighted by atomic mass is 35.6. The first kappa shape index (κ1) is 10.6. The van der Waals surface area contributed by atoms with E-state index in [1.165, 1.54) is 6.20 Å². The Hall–Kier alpha value is 0.530. The largest absolute Gasteiger partial charge is 0.239 e. The molecule has 1 aromatic heterocycles. The lowest BCUT2D eigenvalue weighted by atomic mass is 10.5. The van der Waals surface area contributed by atoms with E-state index < -0.39 is 3.79 Å². The van der Waals surface area contributed by atoms with Crippen molar-refractivity contribution in [2.24, 2.45) is 0 Å². The third-order valence-corrected chi connectivity index (χ3v) is 1.96. The van der Waals surface area contributed by atoms with Crippen molar-refractivity contribution < 1.29 is 0 Å². The first-order valence-corrected chi connectivity index (χ1v) is 4.55. The summed E-state index contributed by atoms with van der Waals surface area (Å²) >= 11 is 27.7. The molecule has 0 N–H and O–H groups in total. The summed E-state index contributed by atoms with van der Waals surface area (Å²) in [6.45, 7) is 0. The van der Waals surface area contributed by atoms with Crippen LogP contribution in [-0.4, -0.2) is 9.97 Å². The average Bonchev–Trinajstić information content (AvgIpc) is 1.92. The molecule has 0 radical (unpaired) electrons. The molecule has 0 unspecified atom stereocenters. The van der Waals surface area contributed by atoms with Crippen LogP contribution in [0.25, 0.3) is 0 Å². The SMILES string of the molecule is Clc1cnc(Cl)c(C(Cl)(Cl)Cl)n1. The summed E-state index contributed by atoms with van der Waals surface area (Å²) in [5.41, 5.74) is 0.0293. The van der Waals surface area contributed by atoms with Crippen molar-refractivity contribution in [2.75, 3.05) is 0 Å². The van der Waals surface area contributed by atoms with Crippen molar-refractivity contribution in [3.05, 3.63) is 22.2 Å². The molecule has 7 heteroatoms. The van der Waals surface area contributed by atoms with Gasteiger partial charge in [-0.3, -0.25) is 0 Å². The predicted molar refractivity (Wildman–Crippen MR) is 51.3 cm³/mol. The van der Waals surface area contributed by atoms with E-state index in [-0.39, 0.29) is 16.0 Å². The summed E-state index contributed by atoms with van der Waals surface area (Å²) < 4.78 is -1.70. The molecule has 1 heterocycles. The maximum absolute atomic E-state index is 5.60. The third-order valence-electron chi connectivity index (χ3n) is 0.967. The Kier molecular flexibility index (Phi) is 3.29. The summed E-state index contributed by atoms with van der Waals surface area (Å²) in [4.78, 5) is 7.38. The van der Waals surface area contributed by atoms with E-state index in [0.29, 0.717) is 0 Å². The minimum atomic E-state index is -1.70. The molecule has 0 aliphatic rings. The zero-order chi connectivity index (χ0) is 9.35. The molecule has 0 atom stereocenters. The molecule has 0 spiro atoms. The molecule has 0 aliphatic heterocycles. The highest BCUT2D eigenvalue weighted by Crippen LogP contribution is 2.39. The Bertz CT molecular complexity index is 294. The van der Waals surface area contributed by atoms with E-state index in [9.17, 15) is 0 Å². The normalized spacial score (nSPS) is 11.8. The minimum absolute atomic E-state index is 0.0272. The number of halogens is 5. The molecular formula is C5HCl5N2. The van der Waals surface area contributed by atoms with Crippen molar-refractivity contribution in [1.29, 1.82) is 0 Å². The van der Waals surface area contributed by atoms with Crippen LogP contribution < -0.4 is 0 Å². The summed E-state index contributed by atoms with van der Waals surface area (Å²) in [6.07, 6.45) is 1.27. The first-order valence-electron chi connectivity index (χ1n) is 2.66. The maximum atomic E-state index is 5.60. The average molecular weight is 266 g/mol. The van der Waals surface area contributed by atoms with Gasteiger partial charge in [0.15, 0.2) is 5.15 Å². The smallest absolute Gasteiger partial charge is 0.235 e. The Morgan fingerprint density at radius 3 is 2.17 bits per heavy atom. The van der Waals surface area contributed by atoms with Crippen molar-refractivity contribution in [1.82, 2.24) is 9.97 Å². The van der Waals surface area contributed by atoms with Crippen molar-refractivity contribution in [2.45, 2.75) is 3.79 Å². The predicted octanol–water partition coefficient (Wildman–Crippen LogP) is 3.61. The standard InChI is InChI=1S/C5HCl5N2/c6-2-1-11-4(7)3(12-2)5(8,9)10/h1H. The van der Waals surface area contributed by atoms with Crippen LogP contribution in [0.1, 0.15) is 5.69 Å². The van der Waals surface area contributed by atoms with Crippen LogP contribution in [0.4, 0.5) is 0 Å². The van der Waals surface area contributed by atoms with Gasteiger partial charge in [-0.2, -0.15) is 0 Å². The van der Waals surface area contributed by atoms with E-state index in [1.807, 2.05) is 0 Å². The number of rotatable bonds is 0. The van der Waals surface area contributed by atoms with Gasteiger partial charge >= 0.3 is 0 Å². The molecule has 1 aromatic rings. The fourth-order valence-electron chi connectivity index (χ4n) is 0.533. The lowest BCUT2D eigenvalue weighted by molar-refractivity contribution is 1.04. The molecule has 66 valence electrons. The van der Waals surface area contributed by atoms with E-state index in [2.05, 4.69) is 9.97 Å². The van der Waals surface area contributed by atoms with Gasteiger partial charge in [0.25, 0.3) is 0 Å². The molecule has 0 bridgehead atoms. The van der Waals surface area contributed by atoms with Gasteiger partial charge in [0.05, 0.1) is 6.20 Å². The lowest BCUT2D eigenvalue weighted by Crippen LogP contribution is -2.05. The van der Waals surface area contributed by atoms with Crippen LogP contribution in [0, 0.1) is 0 Å². The van der Waals surface area contributed by atoms with Gasteiger partial charge in [-0.05, 0) is 0 Å². The van der Waals surface area contributed by atoms with E-state index in [1.54, 1.807) is 0 Å². The fraction of sp³-hybridized carbons (Fsp3) is 0.200. The number of hydrogen-bond acceptors (Lipinski definition) is 2. The van der Waals surface area contributed by atoms with Crippen LogP contribution in [0.15, 0.2) is 6.20 Å². The molecule has 0 aromatic carbocycles. The first-order chi connectivity index (χ1) is 5.41. The fourth-order valence-corrected chi connectivity index (χ4v) is 1.44. The summed E-state index contributed by atoms with van der Waals surface area (Å²) in [7, 11) is 0. The monoisotopic (exact) mass is 264 g/mol. The Balaban J connectivity index is 3.23. The maximum Gasteiger partial charge on any atom is 0.235 e. The van der Waals surface area contributed by atoms with Gasteiger partial charge in [0, 0.05) is 0 Å². The van der Waals surface area contributed by atoms with Gasteiger partial charge in [0.2, 0.25) is 3.79 Å². The van der Waals surface area contributed by atoms with Crippen molar-refractivity contribution >= 4 is 58.0 Å². The second-order valence-corrected chi connectivity index (χ2v) is 4.86. The quantitative estimate of drug-likeness (QED) is 0.670. The number of alkyl halides is 3.